The van der Waals surface area contributed by atoms with Gasteiger partial charge in [-0.3, -0.25) is 4.79 Å². The van der Waals surface area contributed by atoms with Gasteiger partial charge in [0.05, 0.1) is 10.6 Å². The van der Waals surface area contributed by atoms with Crippen molar-refractivity contribution in [2.75, 3.05) is 12.5 Å². The molecule has 0 saturated carbocycles. The van der Waals surface area contributed by atoms with Crippen LogP contribution >= 0.6 is 11.3 Å². The third-order valence-electron chi connectivity index (χ3n) is 4.68. The molecule has 1 aliphatic rings. The quantitative estimate of drug-likeness (QED) is 0.664. The van der Waals surface area contributed by atoms with Crippen LogP contribution < -0.4 is 25.0 Å². The van der Waals surface area contributed by atoms with E-state index in [4.69, 9.17) is 15.2 Å². The van der Waals surface area contributed by atoms with Gasteiger partial charge in [-0.1, -0.05) is 44.6 Å². The summed E-state index contributed by atoms with van der Waals surface area (Å²) in [6, 6.07) is 6.05. The Kier molecular flexibility index (Phi) is 8.72. The number of ketones is 1. The first-order chi connectivity index (χ1) is 14.3. The number of fused-ring (bicyclic) bond motifs is 1. The lowest BCUT2D eigenvalue weighted by Gasteiger charge is -1.97. The molecule has 162 valence electrons. The number of thiophene rings is 1. The van der Waals surface area contributed by atoms with Gasteiger partial charge in [-0.05, 0) is 56.9 Å². The number of hydrogen-bond acceptors (Lipinski definition) is 5. The summed E-state index contributed by atoms with van der Waals surface area (Å²) < 4.78 is 11.5. The van der Waals surface area contributed by atoms with Crippen LogP contribution in [0.2, 0.25) is 0 Å². The van der Waals surface area contributed by atoms with E-state index in [-0.39, 0.29) is 5.78 Å². The van der Waals surface area contributed by atoms with Crippen molar-refractivity contribution in [3.8, 4) is 11.5 Å². The molecule has 0 saturated heterocycles. The summed E-state index contributed by atoms with van der Waals surface area (Å²) in [4.78, 5) is 12.6. The van der Waals surface area contributed by atoms with Gasteiger partial charge < -0.3 is 15.2 Å². The highest BCUT2D eigenvalue weighted by molar-refractivity contribution is 7.12. The van der Waals surface area contributed by atoms with E-state index in [0.29, 0.717) is 23.8 Å². The summed E-state index contributed by atoms with van der Waals surface area (Å²) >= 11 is 1.52. The van der Waals surface area contributed by atoms with E-state index in [1.165, 1.54) is 22.5 Å². The maximum atomic E-state index is 11.9. The molecule has 4 nitrogen and oxygen atoms in total. The summed E-state index contributed by atoms with van der Waals surface area (Å²) in [7, 11) is 0. The number of ether oxygens (including phenoxy) is 2. The van der Waals surface area contributed by atoms with Crippen molar-refractivity contribution in [2.24, 2.45) is 0 Å². The van der Waals surface area contributed by atoms with Crippen LogP contribution in [0.3, 0.4) is 0 Å². The molecule has 0 aliphatic carbocycles. The van der Waals surface area contributed by atoms with E-state index in [1.807, 2.05) is 19.1 Å². The molecular formula is C25H33NO3S. The van der Waals surface area contributed by atoms with Crippen LogP contribution in [0.15, 0.2) is 29.8 Å². The minimum Gasteiger partial charge on any atom is -0.454 e. The standard InChI is InChI=1S/C16H23NOS.C9H10O2/c1-6-8-13-14(11(5)9-10(3)4)15(17)16(19-13)12(18)7-2;1-2-7-3-4-8-9(5-7)11-6-10-8/h8-9H,6-7,17H2,1-5H3;3-5H,2,6H2,1H3/b13-8-,14-11+;. The Morgan fingerprint density at radius 3 is 2.43 bits per heavy atom. The van der Waals surface area contributed by atoms with E-state index in [9.17, 15) is 4.79 Å². The van der Waals surface area contributed by atoms with Gasteiger partial charge in [0, 0.05) is 16.2 Å². The number of carbonyl (C=O) groups is 1. The molecule has 2 aromatic rings. The summed E-state index contributed by atoms with van der Waals surface area (Å²) in [5.74, 6) is 1.87. The molecule has 3 rings (SSSR count). The Morgan fingerprint density at radius 1 is 1.13 bits per heavy atom. The normalized spacial score (nSPS) is 13.5. The predicted molar refractivity (Wildman–Crippen MR) is 128 cm³/mol. The third-order valence-corrected chi connectivity index (χ3v) is 5.92. The lowest BCUT2D eigenvalue weighted by atomic mass is 10.1. The van der Waals surface area contributed by atoms with Crippen molar-refractivity contribution in [3.63, 3.8) is 0 Å². The number of carbonyl (C=O) groups excluding carboxylic acids is 1. The van der Waals surface area contributed by atoms with Crippen LogP contribution in [-0.2, 0) is 6.42 Å². The molecule has 0 unspecified atom stereocenters. The molecule has 2 heterocycles. The van der Waals surface area contributed by atoms with E-state index in [2.05, 4.69) is 52.8 Å². The Hall–Kier alpha value is -2.53. The van der Waals surface area contributed by atoms with Crippen molar-refractivity contribution in [2.45, 2.75) is 60.8 Å². The molecule has 2 N–H and O–H groups in total. The zero-order chi connectivity index (χ0) is 22.3. The Morgan fingerprint density at radius 2 is 1.83 bits per heavy atom. The van der Waals surface area contributed by atoms with Crippen molar-refractivity contribution < 1.29 is 14.3 Å². The number of nitrogens with two attached hydrogens (primary N) is 1. The number of hydrogen-bond donors (Lipinski definition) is 1. The van der Waals surface area contributed by atoms with E-state index >= 15 is 0 Å². The number of allylic oxidation sites excluding steroid dienone is 2. The van der Waals surface area contributed by atoms with Gasteiger partial charge in [0.25, 0.3) is 0 Å². The second-order valence-corrected chi connectivity index (χ2v) is 8.47. The molecule has 0 bridgehead atoms. The first kappa shape index (κ1) is 23.7. The van der Waals surface area contributed by atoms with Gasteiger partial charge in [0.15, 0.2) is 17.3 Å². The number of anilines is 1. The van der Waals surface area contributed by atoms with Crippen LogP contribution in [0.4, 0.5) is 5.69 Å². The number of nitrogen functional groups attached to an aromatic ring is 1. The van der Waals surface area contributed by atoms with Gasteiger partial charge in [0.1, 0.15) is 0 Å². The van der Waals surface area contributed by atoms with Crippen molar-refractivity contribution >= 4 is 34.5 Å². The Balaban J connectivity index is 0.000000244. The SMILES string of the molecule is CC/C=c1\sc(C(=O)CC)c(N)\c1=C(/C)C=C(C)C.CCc1ccc2c(c1)OCO2. The molecule has 1 aromatic carbocycles. The molecule has 30 heavy (non-hydrogen) atoms. The summed E-state index contributed by atoms with van der Waals surface area (Å²) in [5, 5.41) is 1.03. The zero-order valence-electron chi connectivity index (χ0n) is 18.9. The number of Topliss-reactive ketones (excluding diaryl/α,β-unsaturated/α-hetero) is 1. The van der Waals surface area contributed by atoms with Gasteiger partial charge in [-0.15, -0.1) is 11.3 Å². The molecule has 0 spiro atoms. The average Bonchev–Trinajstić information content (AvgIpc) is 3.31. The van der Waals surface area contributed by atoms with Crippen LogP contribution in [-0.4, -0.2) is 12.6 Å². The highest BCUT2D eigenvalue weighted by Gasteiger charge is 2.14. The minimum absolute atomic E-state index is 0.129. The van der Waals surface area contributed by atoms with Gasteiger partial charge in [0.2, 0.25) is 6.79 Å². The van der Waals surface area contributed by atoms with E-state index in [1.54, 1.807) is 0 Å². The maximum Gasteiger partial charge on any atom is 0.231 e. The Labute approximate surface area is 183 Å². The van der Waals surface area contributed by atoms with Crippen LogP contribution in [0.5, 0.6) is 11.5 Å². The number of benzene rings is 1. The summed E-state index contributed by atoms with van der Waals surface area (Å²) in [5.41, 5.74) is 10.5. The average molecular weight is 428 g/mol. The van der Waals surface area contributed by atoms with Gasteiger partial charge in [-0.2, -0.15) is 0 Å². The largest absolute Gasteiger partial charge is 0.454 e. The summed E-state index contributed by atoms with van der Waals surface area (Å²) in [6.45, 7) is 12.6. The second-order valence-electron chi connectivity index (χ2n) is 7.42. The smallest absolute Gasteiger partial charge is 0.231 e. The molecule has 1 aromatic heterocycles. The minimum atomic E-state index is 0.129. The first-order valence-electron chi connectivity index (χ1n) is 10.5. The predicted octanol–water partition coefficient (Wildman–Crippen LogP) is 5.23. The molecule has 0 radical (unpaired) electrons. The Bertz CT molecular complexity index is 1040. The van der Waals surface area contributed by atoms with Crippen molar-refractivity contribution in [3.05, 3.63) is 50.0 Å². The molecule has 0 atom stereocenters. The molecule has 0 amide bonds. The first-order valence-corrected chi connectivity index (χ1v) is 11.3. The van der Waals surface area contributed by atoms with Gasteiger partial charge in [-0.25, -0.2) is 0 Å². The fraction of sp³-hybridized carbons (Fsp3) is 0.400. The van der Waals surface area contributed by atoms with Crippen LogP contribution in [0.25, 0.3) is 11.6 Å². The highest BCUT2D eigenvalue weighted by Crippen LogP contribution is 2.32. The molecule has 5 heteroatoms. The van der Waals surface area contributed by atoms with E-state index < -0.39 is 0 Å². The summed E-state index contributed by atoms with van der Waals surface area (Å²) in [6.07, 6.45) is 6.74. The third kappa shape index (κ3) is 5.76. The topological polar surface area (TPSA) is 61.6 Å². The fourth-order valence-corrected chi connectivity index (χ4v) is 4.54. The lowest BCUT2D eigenvalue weighted by Crippen LogP contribution is -2.23. The molecule has 1 aliphatic heterocycles. The van der Waals surface area contributed by atoms with Crippen molar-refractivity contribution in [1.29, 1.82) is 0 Å². The van der Waals surface area contributed by atoms with Crippen molar-refractivity contribution in [1.82, 2.24) is 0 Å². The highest BCUT2D eigenvalue weighted by atomic mass is 32.1. The zero-order valence-corrected chi connectivity index (χ0v) is 19.7. The van der Waals surface area contributed by atoms with Crippen LogP contribution in [0, 0.1) is 0 Å². The lowest BCUT2D eigenvalue weighted by molar-refractivity contribution is 0.0992. The molecule has 0 fully saturated rings. The number of aryl methyl sites for hydroxylation is 1. The number of rotatable bonds is 5. The van der Waals surface area contributed by atoms with Gasteiger partial charge >= 0.3 is 0 Å². The fourth-order valence-electron chi connectivity index (χ4n) is 3.23. The maximum absolute atomic E-state index is 11.9. The molecular weight excluding hydrogens is 394 g/mol. The second kappa shape index (κ2) is 11.0. The van der Waals surface area contributed by atoms with E-state index in [0.717, 1.165) is 39.7 Å². The van der Waals surface area contributed by atoms with Crippen LogP contribution in [0.1, 0.15) is 69.6 Å². The monoisotopic (exact) mass is 427 g/mol.